The molecule has 10 heteroatoms. The number of hydrogen-bond acceptors (Lipinski definition) is 6. The van der Waals surface area contributed by atoms with Crippen LogP contribution < -0.4 is 21.1 Å². The van der Waals surface area contributed by atoms with Crippen molar-refractivity contribution in [2.24, 2.45) is 11.7 Å². The van der Waals surface area contributed by atoms with E-state index in [-0.39, 0.29) is 29.8 Å². The van der Waals surface area contributed by atoms with Gasteiger partial charge in [-0.25, -0.2) is 9.37 Å². The zero-order chi connectivity index (χ0) is 26.3. The molecule has 1 heterocycles. The van der Waals surface area contributed by atoms with Gasteiger partial charge in [-0.05, 0) is 49.8 Å². The molecule has 0 saturated heterocycles. The molecule has 1 saturated carbocycles. The second-order valence-corrected chi connectivity index (χ2v) is 8.86. The Labute approximate surface area is 212 Å². The molecule has 1 fully saturated rings. The Kier molecular flexibility index (Phi) is 8.46. The smallest absolute Gasteiger partial charge is 0.405 e. The predicted molar refractivity (Wildman–Crippen MR) is 133 cm³/mol. The standard InChI is InChI=1S/C27H27F4N5O/c28-23-7-3-1-5-19(23)11-12-21-17-35-26(36-25(21)33-15-18-9-13-22(32)14-10-18)34-16-20-6-2-4-8-24(20)37-27(29,30)31/h1-8,17-18,22H,9-10,13-16,32H2,(H2,33,34,35,36)/t18-,22-. The molecule has 194 valence electrons. The van der Waals surface area contributed by atoms with Crippen molar-refractivity contribution in [1.29, 1.82) is 0 Å². The average Bonchev–Trinajstić information content (AvgIpc) is 2.87. The Balaban J connectivity index is 1.53. The Morgan fingerprint density at radius 3 is 2.41 bits per heavy atom. The monoisotopic (exact) mass is 513 g/mol. The van der Waals surface area contributed by atoms with Crippen LogP contribution in [-0.2, 0) is 6.54 Å². The minimum atomic E-state index is -4.80. The van der Waals surface area contributed by atoms with Crippen LogP contribution in [0.1, 0.15) is 42.4 Å². The van der Waals surface area contributed by atoms with Crippen LogP contribution in [-0.4, -0.2) is 28.9 Å². The van der Waals surface area contributed by atoms with Gasteiger partial charge in [0.05, 0.1) is 17.3 Å². The third kappa shape index (κ3) is 7.82. The first-order valence-electron chi connectivity index (χ1n) is 12.0. The van der Waals surface area contributed by atoms with Crippen LogP contribution in [0.15, 0.2) is 54.7 Å². The van der Waals surface area contributed by atoms with Crippen molar-refractivity contribution in [2.75, 3.05) is 17.2 Å². The molecule has 1 aromatic heterocycles. The van der Waals surface area contributed by atoms with Crippen molar-refractivity contribution >= 4 is 11.8 Å². The van der Waals surface area contributed by atoms with Crippen LogP contribution in [0.3, 0.4) is 0 Å². The van der Waals surface area contributed by atoms with Gasteiger partial charge in [-0.1, -0.05) is 42.2 Å². The molecule has 0 atom stereocenters. The van der Waals surface area contributed by atoms with E-state index in [0.29, 0.717) is 29.4 Å². The summed E-state index contributed by atoms with van der Waals surface area (Å²) in [4.78, 5) is 8.77. The summed E-state index contributed by atoms with van der Waals surface area (Å²) in [6.07, 6.45) is 0.615. The summed E-state index contributed by atoms with van der Waals surface area (Å²) in [7, 11) is 0. The molecule has 0 aliphatic heterocycles. The molecule has 4 rings (SSSR count). The quantitative estimate of drug-likeness (QED) is 0.288. The highest BCUT2D eigenvalue weighted by Crippen LogP contribution is 2.27. The number of benzene rings is 2. The molecule has 6 nitrogen and oxygen atoms in total. The summed E-state index contributed by atoms with van der Waals surface area (Å²) in [5, 5.41) is 6.28. The van der Waals surface area contributed by atoms with Crippen LogP contribution in [0, 0.1) is 23.6 Å². The van der Waals surface area contributed by atoms with E-state index in [1.54, 1.807) is 24.3 Å². The molecular formula is C27H27F4N5O. The molecule has 1 aliphatic rings. The molecule has 0 spiro atoms. The number of nitrogens with one attached hydrogen (secondary N) is 2. The van der Waals surface area contributed by atoms with Gasteiger partial charge in [-0.3, -0.25) is 0 Å². The minimum absolute atomic E-state index is 0.00641. The summed E-state index contributed by atoms with van der Waals surface area (Å²) in [5.74, 6) is 6.09. The van der Waals surface area contributed by atoms with Crippen LogP contribution in [0.4, 0.5) is 29.3 Å². The predicted octanol–water partition coefficient (Wildman–Crippen LogP) is 5.46. The molecule has 0 amide bonds. The number of nitrogens with two attached hydrogens (primary N) is 1. The van der Waals surface area contributed by atoms with Crippen molar-refractivity contribution in [3.8, 4) is 17.6 Å². The second kappa shape index (κ2) is 11.9. The summed E-state index contributed by atoms with van der Waals surface area (Å²) < 4.78 is 56.4. The van der Waals surface area contributed by atoms with Gasteiger partial charge >= 0.3 is 6.36 Å². The zero-order valence-electron chi connectivity index (χ0n) is 20.0. The molecule has 0 radical (unpaired) electrons. The Bertz CT molecular complexity index is 1260. The van der Waals surface area contributed by atoms with Gasteiger partial charge in [0.25, 0.3) is 0 Å². The summed E-state index contributed by atoms with van der Waals surface area (Å²) in [5.41, 5.74) is 7.03. The van der Waals surface area contributed by atoms with Gasteiger partial charge in [-0.15, -0.1) is 13.2 Å². The van der Waals surface area contributed by atoms with Gasteiger partial charge in [-0.2, -0.15) is 4.98 Å². The van der Waals surface area contributed by atoms with E-state index >= 15 is 0 Å². The lowest BCUT2D eigenvalue weighted by Crippen LogP contribution is -2.29. The molecule has 1 aliphatic carbocycles. The number of anilines is 2. The first-order valence-corrected chi connectivity index (χ1v) is 12.0. The Hall–Kier alpha value is -3.84. The lowest BCUT2D eigenvalue weighted by Gasteiger charge is -2.26. The third-order valence-electron chi connectivity index (χ3n) is 6.08. The summed E-state index contributed by atoms with van der Waals surface area (Å²) >= 11 is 0. The fourth-order valence-corrected chi connectivity index (χ4v) is 4.07. The van der Waals surface area contributed by atoms with Crippen LogP contribution in [0.5, 0.6) is 5.75 Å². The Morgan fingerprint density at radius 2 is 1.65 bits per heavy atom. The van der Waals surface area contributed by atoms with Crippen LogP contribution >= 0.6 is 0 Å². The lowest BCUT2D eigenvalue weighted by molar-refractivity contribution is -0.274. The van der Waals surface area contributed by atoms with Gasteiger partial charge in [0.2, 0.25) is 5.95 Å². The molecule has 3 aromatic rings. The third-order valence-corrected chi connectivity index (χ3v) is 6.08. The molecule has 2 aromatic carbocycles. The van der Waals surface area contributed by atoms with Gasteiger partial charge in [0.1, 0.15) is 17.4 Å². The number of halogens is 4. The van der Waals surface area contributed by atoms with Gasteiger partial charge < -0.3 is 21.1 Å². The van der Waals surface area contributed by atoms with Gasteiger partial charge in [0.15, 0.2) is 0 Å². The first-order chi connectivity index (χ1) is 17.8. The maximum absolute atomic E-state index is 14.0. The lowest BCUT2D eigenvalue weighted by atomic mass is 9.86. The normalized spacial score (nSPS) is 17.4. The largest absolute Gasteiger partial charge is 0.573 e. The van der Waals surface area contributed by atoms with Gasteiger partial charge in [0, 0.05) is 24.7 Å². The maximum atomic E-state index is 14.0. The van der Waals surface area contributed by atoms with E-state index in [1.807, 2.05) is 0 Å². The molecule has 4 N–H and O–H groups in total. The number of ether oxygens (including phenoxy) is 1. The number of rotatable bonds is 7. The van der Waals surface area contributed by atoms with Crippen LogP contribution in [0.2, 0.25) is 0 Å². The first kappa shape index (κ1) is 26.2. The summed E-state index contributed by atoms with van der Waals surface area (Å²) in [6, 6.07) is 12.3. The summed E-state index contributed by atoms with van der Waals surface area (Å²) in [6.45, 7) is 0.659. The topological polar surface area (TPSA) is 85.1 Å². The molecule has 37 heavy (non-hydrogen) atoms. The number of aromatic nitrogens is 2. The molecular weight excluding hydrogens is 486 g/mol. The van der Waals surface area contributed by atoms with E-state index in [0.717, 1.165) is 25.7 Å². The number of nitrogens with zero attached hydrogens (tertiary/aromatic N) is 2. The van der Waals surface area contributed by atoms with Crippen molar-refractivity contribution in [1.82, 2.24) is 9.97 Å². The molecule has 0 bridgehead atoms. The van der Waals surface area contributed by atoms with E-state index in [2.05, 4.69) is 37.2 Å². The van der Waals surface area contributed by atoms with E-state index in [9.17, 15) is 17.6 Å². The highest BCUT2D eigenvalue weighted by molar-refractivity contribution is 5.57. The fourth-order valence-electron chi connectivity index (χ4n) is 4.07. The zero-order valence-corrected chi connectivity index (χ0v) is 20.0. The maximum Gasteiger partial charge on any atom is 0.573 e. The number of alkyl halides is 3. The highest BCUT2D eigenvalue weighted by Gasteiger charge is 2.32. The minimum Gasteiger partial charge on any atom is -0.405 e. The second-order valence-electron chi connectivity index (χ2n) is 8.86. The van der Waals surface area contributed by atoms with Crippen LogP contribution in [0.25, 0.3) is 0 Å². The van der Waals surface area contributed by atoms with Crippen molar-refractivity contribution in [3.05, 3.63) is 77.2 Å². The average molecular weight is 514 g/mol. The van der Waals surface area contributed by atoms with E-state index in [1.165, 1.54) is 30.5 Å². The van der Waals surface area contributed by atoms with Crippen molar-refractivity contribution in [2.45, 2.75) is 44.6 Å². The van der Waals surface area contributed by atoms with E-state index < -0.39 is 12.2 Å². The van der Waals surface area contributed by atoms with E-state index in [4.69, 9.17) is 5.73 Å². The fraction of sp³-hybridized carbons (Fsp3) is 0.333. The van der Waals surface area contributed by atoms with Crippen molar-refractivity contribution in [3.63, 3.8) is 0 Å². The van der Waals surface area contributed by atoms with Crippen molar-refractivity contribution < 1.29 is 22.3 Å². The number of hydrogen-bond donors (Lipinski definition) is 3. The Morgan fingerprint density at radius 1 is 0.946 bits per heavy atom. The SMILES string of the molecule is N[C@H]1CC[C@H](CNc2nc(NCc3ccccc3OC(F)(F)F)ncc2C#Cc2ccccc2F)CC1. The highest BCUT2D eigenvalue weighted by atomic mass is 19.4. The number of para-hydroxylation sites is 1. The molecule has 0 unspecified atom stereocenters.